The van der Waals surface area contributed by atoms with E-state index in [1.54, 1.807) is 0 Å². The molecule has 0 aliphatic carbocycles. The number of H-pyrrole nitrogens is 1. The number of urea groups is 1. The third kappa shape index (κ3) is 4.24. The highest BCUT2D eigenvalue weighted by molar-refractivity contribution is 5.85. The molecule has 1 atom stereocenters. The number of nitrogens with one attached hydrogen (secondary N) is 3. The predicted octanol–water partition coefficient (Wildman–Crippen LogP) is 2.48. The minimum Gasteiger partial charge on any atom is -0.393 e. The number of rotatable bonds is 7. The Labute approximate surface area is 131 Å². The first-order chi connectivity index (χ1) is 10.6. The van der Waals surface area contributed by atoms with Crippen molar-refractivity contribution in [3.05, 3.63) is 35.5 Å². The molecule has 0 saturated carbocycles. The van der Waals surface area contributed by atoms with Gasteiger partial charge in [0.2, 0.25) is 0 Å². The van der Waals surface area contributed by atoms with E-state index in [-0.39, 0.29) is 12.1 Å². The van der Waals surface area contributed by atoms with Crippen molar-refractivity contribution in [2.45, 2.75) is 39.2 Å². The first kappa shape index (κ1) is 16.4. The third-order valence-corrected chi connectivity index (χ3v) is 3.92. The topological polar surface area (TPSA) is 77.2 Å². The summed E-state index contributed by atoms with van der Waals surface area (Å²) >= 11 is 0. The summed E-state index contributed by atoms with van der Waals surface area (Å²) in [5, 5.41) is 16.2. The molecule has 0 aliphatic rings. The molecule has 0 fully saturated rings. The maximum atomic E-state index is 11.6. The summed E-state index contributed by atoms with van der Waals surface area (Å²) in [6, 6.07) is 6.05. The minimum atomic E-state index is -0.338. The number of hydrogen-bond acceptors (Lipinski definition) is 2. The number of fused-ring (bicyclic) bond motifs is 1. The Morgan fingerprint density at radius 2 is 2.09 bits per heavy atom. The van der Waals surface area contributed by atoms with Crippen LogP contribution < -0.4 is 10.6 Å². The van der Waals surface area contributed by atoms with Crippen LogP contribution in [0.4, 0.5) is 4.79 Å². The lowest BCUT2D eigenvalue weighted by Gasteiger charge is -2.10. The van der Waals surface area contributed by atoms with Crippen molar-refractivity contribution in [1.82, 2.24) is 15.6 Å². The Bertz CT molecular complexity index is 621. The molecule has 0 saturated heterocycles. The molecule has 4 N–H and O–H groups in total. The summed E-state index contributed by atoms with van der Waals surface area (Å²) < 4.78 is 0. The van der Waals surface area contributed by atoms with Crippen LogP contribution in [0.1, 0.15) is 30.9 Å². The van der Waals surface area contributed by atoms with Gasteiger partial charge in [-0.2, -0.15) is 0 Å². The van der Waals surface area contributed by atoms with Crippen LogP contribution >= 0.6 is 0 Å². The molecule has 1 aromatic heterocycles. The van der Waals surface area contributed by atoms with E-state index in [4.69, 9.17) is 0 Å². The van der Waals surface area contributed by atoms with Crippen molar-refractivity contribution in [3.63, 3.8) is 0 Å². The van der Waals surface area contributed by atoms with E-state index in [0.717, 1.165) is 11.9 Å². The summed E-state index contributed by atoms with van der Waals surface area (Å²) in [4.78, 5) is 14.9. The molecule has 1 aromatic carbocycles. The van der Waals surface area contributed by atoms with E-state index in [1.807, 2.05) is 19.2 Å². The van der Waals surface area contributed by atoms with Crippen molar-refractivity contribution >= 4 is 16.9 Å². The normalized spacial score (nSPS) is 12.3. The van der Waals surface area contributed by atoms with E-state index >= 15 is 0 Å². The molecule has 5 heteroatoms. The Hall–Kier alpha value is -2.01. The van der Waals surface area contributed by atoms with E-state index < -0.39 is 0 Å². The van der Waals surface area contributed by atoms with Gasteiger partial charge in [-0.15, -0.1) is 0 Å². The average Bonchev–Trinajstić information content (AvgIpc) is 2.92. The van der Waals surface area contributed by atoms with Crippen LogP contribution in [-0.2, 0) is 6.42 Å². The number of aryl methyl sites for hydroxylation is 1. The van der Waals surface area contributed by atoms with Gasteiger partial charge in [-0.05, 0) is 37.3 Å². The SMILES string of the molecule is CCC(O)CCNC(=O)NCCc1c[nH]c2c(C)cccc12. The van der Waals surface area contributed by atoms with E-state index in [9.17, 15) is 9.90 Å². The van der Waals surface area contributed by atoms with Gasteiger partial charge in [0.05, 0.1) is 6.10 Å². The number of carbonyl (C=O) groups excluding carboxylic acids is 1. The number of para-hydroxylation sites is 1. The summed E-state index contributed by atoms with van der Waals surface area (Å²) in [7, 11) is 0. The highest BCUT2D eigenvalue weighted by Gasteiger charge is 2.06. The minimum absolute atomic E-state index is 0.181. The van der Waals surface area contributed by atoms with Crippen molar-refractivity contribution in [3.8, 4) is 0 Å². The largest absolute Gasteiger partial charge is 0.393 e. The maximum Gasteiger partial charge on any atom is 0.314 e. The molecule has 2 aromatic rings. The molecule has 0 bridgehead atoms. The zero-order chi connectivity index (χ0) is 15.9. The predicted molar refractivity (Wildman–Crippen MR) is 89.1 cm³/mol. The van der Waals surface area contributed by atoms with Gasteiger partial charge in [0.1, 0.15) is 0 Å². The summed E-state index contributed by atoms with van der Waals surface area (Å²) in [6.45, 7) is 5.09. The smallest absolute Gasteiger partial charge is 0.314 e. The highest BCUT2D eigenvalue weighted by Crippen LogP contribution is 2.21. The standard InChI is InChI=1S/C17H25N3O2/c1-3-14(21)8-10-19-17(22)18-9-7-13-11-20-16-12(2)5-4-6-15(13)16/h4-6,11,14,20-21H,3,7-10H2,1-2H3,(H2,18,19,22). The second-order valence-electron chi connectivity index (χ2n) is 5.59. The van der Waals surface area contributed by atoms with Gasteiger partial charge in [-0.1, -0.05) is 25.1 Å². The lowest BCUT2D eigenvalue weighted by atomic mass is 10.1. The number of amides is 2. The molecule has 1 unspecified atom stereocenters. The van der Waals surface area contributed by atoms with Gasteiger partial charge in [-0.25, -0.2) is 4.79 Å². The fraction of sp³-hybridized carbons (Fsp3) is 0.471. The Balaban J connectivity index is 1.76. The number of aromatic nitrogens is 1. The third-order valence-electron chi connectivity index (χ3n) is 3.92. The fourth-order valence-electron chi connectivity index (χ4n) is 2.50. The van der Waals surface area contributed by atoms with E-state index in [2.05, 4.69) is 34.7 Å². The molecule has 2 amide bonds. The van der Waals surface area contributed by atoms with Gasteiger partial charge in [0.15, 0.2) is 0 Å². The van der Waals surface area contributed by atoms with Gasteiger partial charge in [0.25, 0.3) is 0 Å². The molecule has 0 spiro atoms. The maximum absolute atomic E-state index is 11.6. The zero-order valence-corrected chi connectivity index (χ0v) is 13.3. The Morgan fingerprint density at radius 3 is 2.86 bits per heavy atom. The van der Waals surface area contributed by atoms with Crippen molar-refractivity contribution in [2.24, 2.45) is 0 Å². The van der Waals surface area contributed by atoms with Crippen LogP contribution in [-0.4, -0.2) is 35.3 Å². The van der Waals surface area contributed by atoms with Crippen LogP contribution in [0.15, 0.2) is 24.4 Å². The number of benzene rings is 1. The van der Waals surface area contributed by atoms with Gasteiger partial charge >= 0.3 is 6.03 Å². The zero-order valence-electron chi connectivity index (χ0n) is 13.3. The van der Waals surface area contributed by atoms with E-state index in [0.29, 0.717) is 25.9 Å². The summed E-state index contributed by atoms with van der Waals surface area (Å²) in [5.41, 5.74) is 3.60. The molecule has 0 radical (unpaired) electrons. The fourth-order valence-corrected chi connectivity index (χ4v) is 2.50. The van der Waals surface area contributed by atoms with Crippen molar-refractivity contribution < 1.29 is 9.90 Å². The van der Waals surface area contributed by atoms with Crippen molar-refractivity contribution in [1.29, 1.82) is 0 Å². The number of hydrogen-bond donors (Lipinski definition) is 4. The quantitative estimate of drug-likeness (QED) is 0.634. The van der Waals surface area contributed by atoms with Gasteiger partial charge in [0, 0.05) is 30.2 Å². The summed E-state index contributed by atoms with van der Waals surface area (Å²) in [6.07, 6.45) is 3.76. The van der Waals surface area contributed by atoms with Crippen LogP contribution in [0.3, 0.4) is 0 Å². The molecule has 120 valence electrons. The number of aliphatic hydroxyl groups excluding tert-OH is 1. The first-order valence-electron chi connectivity index (χ1n) is 7.87. The lowest BCUT2D eigenvalue weighted by Crippen LogP contribution is -2.37. The van der Waals surface area contributed by atoms with Crippen LogP contribution in [0, 0.1) is 6.92 Å². The monoisotopic (exact) mass is 303 g/mol. The van der Waals surface area contributed by atoms with Gasteiger partial charge < -0.3 is 20.7 Å². The second kappa shape index (κ2) is 7.84. The molecule has 1 heterocycles. The molecule has 5 nitrogen and oxygen atoms in total. The molecule has 2 rings (SSSR count). The summed E-state index contributed by atoms with van der Waals surface area (Å²) in [5.74, 6) is 0. The lowest BCUT2D eigenvalue weighted by molar-refractivity contribution is 0.160. The van der Waals surface area contributed by atoms with Gasteiger partial charge in [-0.3, -0.25) is 0 Å². The van der Waals surface area contributed by atoms with Crippen molar-refractivity contribution in [2.75, 3.05) is 13.1 Å². The van der Waals surface area contributed by atoms with Crippen LogP contribution in [0.25, 0.3) is 10.9 Å². The Morgan fingerprint density at radius 1 is 1.32 bits per heavy atom. The van der Waals surface area contributed by atoms with E-state index in [1.165, 1.54) is 16.5 Å². The number of aromatic amines is 1. The van der Waals surface area contributed by atoms with Crippen LogP contribution in [0.2, 0.25) is 0 Å². The second-order valence-corrected chi connectivity index (χ2v) is 5.59. The average molecular weight is 303 g/mol. The molecule has 0 aliphatic heterocycles. The number of carbonyl (C=O) groups is 1. The van der Waals surface area contributed by atoms with Crippen LogP contribution in [0.5, 0.6) is 0 Å². The number of aliphatic hydroxyl groups is 1. The molecule has 22 heavy (non-hydrogen) atoms. The highest BCUT2D eigenvalue weighted by atomic mass is 16.3. The molecular formula is C17H25N3O2. The Kier molecular flexibility index (Phi) is 5.83. The molecular weight excluding hydrogens is 278 g/mol. The first-order valence-corrected chi connectivity index (χ1v) is 7.87.